The van der Waals surface area contributed by atoms with Gasteiger partial charge in [-0.05, 0) is 55.5 Å². The molecule has 0 aliphatic heterocycles. The molecule has 184 valence electrons. The van der Waals surface area contributed by atoms with E-state index >= 15 is 0 Å². The van der Waals surface area contributed by atoms with Gasteiger partial charge in [0.25, 0.3) is 5.91 Å². The molecule has 0 spiro atoms. The molecule has 1 amide bonds. The lowest BCUT2D eigenvalue weighted by atomic mass is 10.1. The number of nitrogens with one attached hydrogen (secondary N) is 2. The number of aliphatic hydroxyl groups excluding tert-OH is 1. The summed E-state index contributed by atoms with van der Waals surface area (Å²) in [6, 6.07) is 9.29. The minimum absolute atomic E-state index is 0.0531. The summed E-state index contributed by atoms with van der Waals surface area (Å²) in [5.41, 5.74) is 2.43. The Morgan fingerprint density at radius 2 is 2.03 bits per heavy atom. The number of benzene rings is 2. The molecule has 35 heavy (non-hydrogen) atoms. The van der Waals surface area contributed by atoms with Crippen molar-refractivity contribution in [2.24, 2.45) is 13.0 Å². The van der Waals surface area contributed by atoms with Crippen molar-refractivity contribution in [1.82, 2.24) is 19.9 Å². The third-order valence-corrected chi connectivity index (χ3v) is 7.02. The SMILES string of the molecule is Cn1c(Nc2nc3ccc(OC(F)(F)F)cc3s2)nc2cc(C(=O)NC3CCC(CO)C3)ccc21. The Morgan fingerprint density at radius 3 is 2.77 bits per heavy atom. The number of thiazole rings is 1. The fraction of sp³-hybridized carbons (Fsp3) is 0.348. The molecule has 3 N–H and O–H groups in total. The van der Waals surface area contributed by atoms with E-state index in [2.05, 4.69) is 25.3 Å². The molecule has 0 saturated heterocycles. The Bertz CT molecular complexity index is 1400. The maximum Gasteiger partial charge on any atom is 0.573 e. The van der Waals surface area contributed by atoms with Crippen molar-refractivity contribution >= 4 is 49.6 Å². The third kappa shape index (κ3) is 5.03. The van der Waals surface area contributed by atoms with Gasteiger partial charge in [-0.15, -0.1) is 13.2 Å². The van der Waals surface area contributed by atoms with E-state index in [9.17, 15) is 23.1 Å². The van der Waals surface area contributed by atoms with Crippen LogP contribution < -0.4 is 15.4 Å². The minimum Gasteiger partial charge on any atom is -0.406 e. The quantitative estimate of drug-likeness (QED) is 0.351. The van der Waals surface area contributed by atoms with Crippen molar-refractivity contribution < 1.29 is 27.8 Å². The van der Waals surface area contributed by atoms with Gasteiger partial charge in [-0.1, -0.05) is 11.3 Å². The summed E-state index contributed by atoms with van der Waals surface area (Å²) in [5.74, 6) is 0.223. The largest absolute Gasteiger partial charge is 0.573 e. The summed E-state index contributed by atoms with van der Waals surface area (Å²) in [7, 11) is 1.81. The first-order chi connectivity index (χ1) is 16.7. The van der Waals surface area contributed by atoms with Crippen LogP contribution in [0, 0.1) is 5.92 Å². The van der Waals surface area contributed by atoms with Crippen LogP contribution in [0.3, 0.4) is 0 Å². The first-order valence-electron chi connectivity index (χ1n) is 11.0. The van der Waals surface area contributed by atoms with Gasteiger partial charge in [-0.25, -0.2) is 9.97 Å². The third-order valence-electron chi connectivity index (χ3n) is 6.09. The number of amides is 1. The summed E-state index contributed by atoms with van der Waals surface area (Å²) in [5, 5.41) is 15.9. The highest BCUT2D eigenvalue weighted by molar-refractivity contribution is 7.22. The van der Waals surface area contributed by atoms with E-state index in [4.69, 9.17) is 0 Å². The Kier molecular flexibility index (Phi) is 6.01. The number of alkyl halides is 3. The molecule has 5 rings (SSSR count). The molecule has 12 heteroatoms. The number of hydrogen-bond acceptors (Lipinski definition) is 7. The van der Waals surface area contributed by atoms with Gasteiger partial charge in [0.1, 0.15) is 5.75 Å². The fourth-order valence-corrected chi connectivity index (χ4v) is 5.23. The number of aliphatic hydroxyl groups is 1. The predicted octanol–water partition coefficient (Wildman–Crippen LogP) is 4.72. The fourth-order valence-electron chi connectivity index (χ4n) is 4.34. The zero-order valence-corrected chi connectivity index (χ0v) is 19.4. The van der Waals surface area contributed by atoms with E-state index in [1.807, 2.05) is 17.7 Å². The van der Waals surface area contributed by atoms with Gasteiger partial charge < -0.3 is 25.0 Å². The van der Waals surface area contributed by atoms with Crippen LogP contribution >= 0.6 is 11.3 Å². The maximum atomic E-state index is 12.7. The molecule has 1 saturated carbocycles. The van der Waals surface area contributed by atoms with Crippen LogP contribution in [0.25, 0.3) is 21.3 Å². The van der Waals surface area contributed by atoms with Crippen molar-refractivity contribution in [1.29, 1.82) is 0 Å². The minimum atomic E-state index is -4.76. The molecule has 4 aromatic rings. The van der Waals surface area contributed by atoms with Gasteiger partial charge in [-0.2, -0.15) is 0 Å². The lowest BCUT2D eigenvalue weighted by Gasteiger charge is -2.12. The number of imidazole rings is 1. The number of nitrogens with zero attached hydrogens (tertiary/aromatic N) is 3. The van der Waals surface area contributed by atoms with Crippen molar-refractivity contribution in [2.45, 2.75) is 31.7 Å². The molecule has 2 heterocycles. The molecule has 8 nitrogen and oxygen atoms in total. The Labute approximate surface area is 201 Å². The molecular formula is C23H22F3N5O3S. The summed E-state index contributed by atoms with van der Waals surface area (Å²) < 4.78 is 43.8. The van der Waals surface area contributed by atoms with Crippen LogP contribution in [0.1, 0.15) is 29.6 Å². The van der Waals surface area contributed by atoms with Gasteiger partial charge in [0.05, 0.1) is 21.3 Å². The van der Waals surface area contributed by atoms with Crippen LogP contribution in [0.5, 0.6) is 5.75 Å². The van der Waals surface area contributed by atoms with Gasteiger partial charge in [0.15, 0.2) is 5.13 Å². The van der Waals surface area contributed by atoms with E-state index in [0.717, 1.165) is 24.8 Å². The summed E-state index contributed by atoms with van der Waals surface area (Å²) in [4.78, 5) is 21.7. The maximum absolute atomic E-state index is 12.7. The molecule has 0 bridgehead atoms. The van der Waals surface area contributed by atoms with Crippen LogP contribution in [0.2, 0.25) is 0 Å². The first-order valence-corrected chi connectivity index (χ1v) is 11.8. The molecule has 1 aliphatic carbocycles. The Balaban J connectivity index is 1.34. The second kappa shape index (κ2) is 9.00. The van der Waals surface area contributed by atoms with Crippen LogP contribution in [0.15, 0.2) is 36.4 Å². The molecular weight excluding hydrogens is 483 g/mol. The van der Waals surface area contributed by atoms with Crippen molar-refractivity contribution in [3.05, 3.63) is 42.0 Å². The lowest BCUT2D eigenvalue weighted by Crippen LogP contribution is -2.33. The van der Waals surface area contributed by atoms with Gasteiger partial charge in [0.2, 0.25) is 5.95 Å². The van der Waals surface area contributed by atoms with Gasteiger partial charge in [0, 0.05) is 31.3 Å². The number of ether oxygens (including phenoxy) is 1. The number of carbonyl (C=O) groups is 1. The summed E-state index contributed by atoms with van der Waals surface area (Å²) in [6.45, 7) is 0.138. The highest BCUT2D eigenvalue weighted by atomic mass is 32.1. The smallest absolute Gasteiger partial charge is 0.406 e. The van der Waals surface area contributed by atoms with Gasteiger partial charge >= 0.3 is 6.36 Å². The highest BCUT2D eigenvalue weighted by Crippen LogP contribution is 2.33. The number of rotatable bonds is 6. The predicted molar refractivity (Wildman–Crippen MR) is 126 cm³/mol. The van der Waals surface area contributed by atoms with Crippen LogP contribution in [-0.4, -0.2) is 44.6 Å². The average molecular weight is 506 g/mol. The number of fused-ring (bicyclic) bond motifs is 2. The van der Waals surface area contributed by atoms with E-state index in [1.54, 1.807) is 12.1 Å². The van der Waals surface area contributed by atoms with E-state index in [-0.39, 0.29) is 30.2 Å². The standard InChI is InChI=1S/C23H22F3N5O3S/c1-31-18-7-3-13(20(33)27-14-4-2-12(8-14)11-32)9-17(18)28-21(31)30-22-29-16-6-5-15(10-19(16)35-22)34-23(24,25)26/h3,5-7,9-10,12,14,32H,2,4,8,11H2,1H3,(H,27,33)(H,28,29,30). The second-order valence-corrected chi connectivity index (χ2v) is 9.58. The number of anilines is 2. The monoisotopic (exact) mass is 505 g/mol. The van der Waals surface area contributed by atoms with Crippen molar-refractivity contribution in [2.75, 3.05) is 11.9 Å². The molecule has 2 unspecified atom stereocenters. The van der Waals surface area contributed by atoms with Crippen molar-refractivity contribution in [3.63, 3.8) is 0 Å². The Morgan fingerprint density at radius 1 is 1.20 bits per heavy atom. The van der Waals surface area contributed by atoms with E-state index in [1.165, 1.54) is 29.5 Å². The molecule has 2 aromatic heterocycles. The molecule has 2 atom stereocenters. The number of hydrogen-bond donors (Lipinski definition) is 3. The number of aryl methyl sites for hydroxylation is 1. The van der Waals surface area contributed by atoms with E-state index < -0.39 is 6.36 Å². The Hall–Kier alpha value is -3.38. The molecule has 1 aliphatic rings. The number of carbonyl (C=O) groups excluding carboxylic acids is 1. The molecule has 1 fully saturated rings. The first kappa shape index (κ1) is 23.4. The molecule has 0 radical (unpaired) electrons. The topological polar surface area (TPSA) is 101 Å². The zero-order valence-electron chi connectivity index (χ0n) is 18.6. The number of halogens is 3. The van der Waals surface area contributed by atoms with Crippen molar-refractivity contribution in [3.8, 4) is 5.75 Å². The summed E-state index contributed by atoms with van der Waals surface area (Å²) in [6.07, 6.45) is -2.24. The lowest BCUT2D eigenvalue weighted by molar-refractivity contribution is -0.274. The molecule has 2 aromatic carbocycles. The average Bonchev–Trinajstić information content (AvgIpc) is 3.50. The van der Waals surface area contributed by atoms with Gasteiger partial charge in [-0.3, -0.25) is 4.79 Å². The van der Waals surface area contributed by atoms with Crippen LogP contribution in [0.4, 0.5) is 24.3 Å². The van der Waals surface area contributed by atoms with Crippen LogP contribution in [-0.2, 0) is 7.05 Å². The van der Waals surface area contributed by atoms with E-state index in [0.29, 0.717) is 32.4 Å². The highest BCUT2D eigenvalue weighted by Gasteiger charge is 2.31. The zero-order chi connectivity index (χ0) is 24.7. The normalized spacial score (nSPS) is 18.3. The summed E-state index contributed by atoms with van der Waals surface area (Å²) >= 11 is 1.17. The number of aromatic nitrogens is 3. The second-order valence-electron chi connectivity index (χ2n) is 8.55.